The Morgan fingerprint density at radius 3 is 2.74 bits per heavy atom. The van der Waals surface area contributed by atoms with Gasteiger partial charge in [0.15, 0.2) is 0 Å². The zero-order valence-corrected chi connectivity index (χ0v) is 12.3. The molecule has 104 valence electrons. The third-order valence-electron chi connectivity index (χ3n) is 2.55. The summed E-state index contributed by atoms with van der Waals surface area (Å²) < 4.78 is 4.97. The van der Waals surface area contributed by atoms with Gasteiger partial charge in [-0.3, -0.25) is 14.9 Å². The minimum absolute atomic E-state index is 0.00508. The van der Waals surface area contributed by atoms with Gasteiger partial charge in [0.05, 0.1) is 17.6 Å². The van der Waals surface area contributed by atoms with E-state index in [-0.39, 0.29) is 17.6 Å². The number of amides is 1. The van der Waals surface area contributed by atoms with Gasteiger partial charge in [-0.1, -0.05) is 15.9 Å². The fourth-order valence-corrected chi connectivity index (χ4v) is 1.95. The van der Waals surface area contributed by atoms with Gasteiger partial charge in [0.25, 0.3) is 11.6 Å². The fourth-order valence-electron chi connectivity index (χ4n) is 1.60. The van der Waals surface area contributed by atoms with Crippen LogP contribution in [0.15, 0.2) is 18.2 Å². The zero-order valence-electron chi connectivity index (χ0n) is 10.7. The Morgan fingerprint density at radius 1 is 1.58 bits per heavy atom. The van der Waals surface area contributed by atoms with E-state index in [4.69, 9.17) is 4.74 Å². The highest BCUT2D eigenvalue weighted by molar-refractivity contribution is 9.09. The lowest BCUT2D eigenvalue weighted by atomic mass is 10.1. The highest BCUT2D eigenvalue weighted by atomic mass is 79.9. The number of alkyl halides is 1. The smallest absolute Gasteiger partial charge is 0.272 e. The van der Waals surface area contributed by atoms with Crippen molar-refractivity contribution in [1.29, 1.82) is 0 Å². The summed E-state index contributed by atoms with van der Waals surface area (Å²) in [4.78, 5) is 22.2. The maximum atomic E-state index is 12.0. The second kappa shape index (κ2) is 7.20. The molecule has 1 aromatic carbocycles. The van der Waals surface area contributed by atoms with Crippen LogP contribution in [0.2, 0.25) is 0 Å². The predicted octanol–water partition coefficient (Wildman–Crippen LogP) is 2.04. The molecule has 0 aliphatic heterocycles. The van der Waals surface area contributed by atoms with E-state index >= 15 is 0 Å². The van der Waals surface area contributed by atoms with E-state index in [0.29, 0.717) is 23.1 Å². The largest absolute Gasteiger partial charge is 0.383 e. The quantitative estimate of drug-likeness (QED) is 0.491. The van der Waals surface area contributed by atoms with E-state index in [1.165, 1.54) is 18.2 Å². The molecule has 0 aliphatic carbocycles. The molecule has 1 aromatic rings. The number of carbonyl (C=O) groups excluding carboxylic acids is 1. The van der Waals surface area contributed by atoms with Crippen molar-refractivity contribution in [2.45, 2.75) is 13.0 Å². The minimum Gasteiger partial charge on any atom is -0.383 e. The Balaban J connectivity index is 2.83. The molecule has 0 radical (unpaired) electrons. The molecule has 0 spiro atoms. The van der Waals surface area contributed by atoms with Crippen molar-refractivity contribution in [1.82, 2.24) is 5.32 Å². The van der Waals surface area contributed by atoms with E-state index < -0.39 is 4.92 Å². The first-order valence-corrected chi connectivity index (χ1v) is 6.72. The third kappa shape index (κ3) is 4.29. The van der Waals surface area contributed by atoms with Gasteiger partial charge < -0.3 is 10.1 Å². The summed E-state index contributed by atoms with van der Waals surface area (Å²) >= 11 is 3.28. The summed E-state index contributed by atoms with van der Waals surface area (Å²) in [5, 5.41) is 14.0. The number of hydrogen-bond acceptors (Lipinski definition) is 4. The maximum absolute atomic E-state index is 12.0. The Bertz CT molecular complexity index is 479. The molecule has 0 fully saturated rings. The summed E-state index contributed by atoms with van der Waals surface area (Å²) in [5.41, 5.74) is 0.857. The molecular weight excluding hydrogens is 316 g/mol. The third-order valence-corrected chi connectivity index (χ3v) is 3.33. The molecular formula is C12H15BrN2O4. The monoisotopic (exact) mass is 330 g/mol. The Morgan fingerprint density at radius 2 is 2.26 bits per heavy atom. The number of methoxy groups -OCH3 is 1. The standard InChI is InChI=1S/C12H15BrN2O4/c1-8-5-9(3-4-11(8)15(17)18)12(16)14-10(6-13)7-19-2/h3-5,10H,6-7H2,1-2H3,(H,14,16). The zero-order chi connectivity index (χ0) is 14.4. The average molecular weight is 331 g/mol. The summed E-state index contributed by atoms with van der Waals surface area (Å²) in [6.07, 6.45) is 0. The van der Waals surface area contributed by atoms with Crippen molar-refractivity contribution in [3.63, 3.8) is 0 Å². The first kappa shape index (κ1) is 15.6. The van der Waals surface area contributed by atoms with Crippen LogP contribution in [0, 0.1) is 17.0 Å². The first-order valence-electron chi connectivity index (χ1n) is 5.60. The molecule has 1 N–H and O–H groups in total. The number of halogens is 1. The van der Waals surface area contributed by atoms with E-state index in [1.807, 2.05) is 0 Å². The number of nitrogens with zero attached hydrogens (tertiary/aromatic N) is 1. The van der Waals surface area contributed by atoms with Gasteiger partial charge in [-0.05, 0) is 19.1 Å². The molecule has 0 saturated carbocycles. The SMILES string of the molecule is COCC(CBr)NC(=O)c1ccc([N+](=O)[O-])c(C)c1. The fraction of sp³-hybridized carbons (Fsp3) is 0.417. The lowest BCUT2D eigenvalue weighted by Gasteiger charge is -2.15. The summed E-state index contributed by atoms with van der Waals surface area (Å²) in [5.74, 6) is -0.278. The molecule has 19 heavy (non-hydrogen) atoms. The van der Waals surface area contributed by atoms with E-state index in [1.54, 1.807) is 14.0 Å². The Labute approximate surface area is 119 Å². The second-order valence-corrected chi connectivity index (χ2v) is 4.69. The number of nitrogens with one attached hydrogen (secondary N) is 1. The minimum atomic E-state index is -0.469. The Kier molecular flexibility index (Phi) is 5.91. The second-order valence-electron chi connectivity index (χ2n) is 4.04. The van der Waals surface area contributed by atoms with Crippen LogP contribution in [-0.4, -0.2) is 35.9 Å². The van der Waals surface area contributed by atoms with E-state index in [0.717, 1.165) is 0 Å². The number of hydrogen-bond donors (Lipinski definition) is 1. The van der Waals surface area contributed by atoms with Crippen LogP contribution in [0.3, 0.4) is 0 Å². The maximum Gasteiger partial charge on any atom is 0.272 e. The molecule has 0 aliphatic rings. The molecule has 1 atom stereocenters. The van der Waals surface area contributed by atoms with Crippen LogP contribution < -0.4 is 5.32 Å². The van der Waals surface area contributed by atoms with Gasteiger partial charge in [-0.15, -0.1) is 0 Å². The molecule has 0 saturated heterocycles. The van der Waals surface area contributed by atoms with Crippen molar-refractivity contribution in [3.05, 3.63) is 39.4 Å². The number of benzene rings is 1. The number of ether oxygens (including phenoxy) is 1. The van der Waals surface area contributed by atoms with Gasteiger partial charge in [0.1, 0.15) is 0 Å². The van der Waals surface area contributed by atoms with Crippen LogP contribution in [-0.2, 0) is 4.74 Å². The first-order chi connectivity index (χ1) is 8.99. The van der Waals surface area contributed by atoms with Crippen molar-refractivity contribution < 1.29 is 14.5 Å². The summed E-state index contributed by atoms with van der Waals surface area (Å²) in [7, 11) is 1.55. The van der Waals surface area contributed by atoms with Crippen molar-refractivity contribution in [2.24, 2.45) is 0 Å². The normalized spacial score (nSPS) is 11.9. The molecule has 0 bridgehead atoms. The molecule has 1 amide bonds. The molecule has 0 aromatic heterocycles. The molecule has 0 heterocycles. The van der Waals surface area contributed by atoms with Gasteiger partial charge in [-0.25, -0.2) is 0 Å². The number of carbonyl (C=O) groups is 1. The highest BCUT2D eigenvalue weighted by Crippen LogP contribution is 2.18. The van der Waals surface area contributed by atoms with Gasteiger partial charge >= 0.3 is 0 Å². The van der Waals surface area contributed by atoms with Crippen LogP contribution in [0.25, 0.3) is 0 Å². The van der Waals surface area contributed by atoms with Crippen LogP contribution in [0.5, 0.6) is 0 Å². The molecule has 6 nitrogen and oxygen atoms in total. The van der Waals surface area contributed by atoms with Crippen LogP contribution in [0.1, 0.15) is 15.9 Å². The van der Waals surface area contributed by atoms with Crippen molar-refractivity contribution in [3.8, 4) is 0 Å². The molecule has 1 rings (SSSR count). The number of rotatable bonds is 6. The average Bonchev–Trinajstić information content (AvgIpc) is 2.37. The topological polar surface area (TPSA) is 81.5 Å². The van der Waals surface area contributed by atoms with E-state index in [9.17, 15) is 14.9 Å². The number of aryl methyl sites for hydroxylation is 1. The van der Waals surface area contributed by atoms with Crippen molar-refractivity contribution >= 4 is 27.5 Å². The molecule has 1 unspecified atom stereocenters. The lowest BCUT2D eigenvalue weighted by Crippen LogP contribution is -2.39. The number of nitro benzene ring substituents is 1. The van der Waals surface area contributed by atoms with Crippen LogP contribution >= 0.6 is 15.9 Å². The summed E-state index contributed by atoms with van der Waals surface area (Å²) in [6.45, 7) is 2.00. The van der Waals surface area contributed by atoms with Gasteiger partial charge in [0, 0.05) is 29.6 Å². The van der Waals surface area contributed by atoms with Crippen LogP contribution in [0.4, 0.5) is 5.69 Å². The van der Waals surface area contributed by atoms with Gasteiger partial charge in [0.2, 0.25) is 0 Å². The highest BCUT2D eigenvalue weighted by Gasteiger charge is 2.16. The Hall–Kier alpha value is -1.47. The van der Waals surface area contributed by atoms with Crippen molar-refractivity contribution in [2.75, 3.05) is 19.0 Å². The van der Waals surface area contributed by atoms with Gasteiger partial charge in [-0.2, -0.15) is 0 Å². The summed E-state index contributed by atoms with van der Waals surface area (Å²) in [6, 6.07) is 4.14. The molecule has 7 heteroatoms. The lowest BCUT2D eigenvalue weighted by molar-refractivity contribution is -0.385. The van der Waals surface area contributed by atoms with E-state index in [2.05, 4.69) is 21.2 Å². The number of nitro groups is 1. The predicted molar refractivity (Wildman–Crippen MR) is 74.8 cm³/mol.